The number of carbonyl (C=O) groups excluding carboxylic acids is 1. The maximum absolute atomic E-state index is 12.5. The van der Waals surface area contributed by atoms with Gasteiger partial charge in [0, 0.05) is 42.1 Å². The molecule has 0 saturated carbocycles. The predicted octanol–water partition coefficient (Wildman–Crippen LogP) is 1.12. The fourth-order valence-corrected chi connectivity index (χ4v) is 3.89. The van der Waals surface area contributed by atoms with E-state index in [1.54, 1.807) is 0 Å². The van der Waals surface area contributed by atoms with Crippen LogP contribution in [0.4, 0.5) is 4.79 Å². The monoisotopic (exact) mass is 332 g/mol. The average molecular weight is 332 g/mol. The molecule has 1 aromatic rings. The van der Waals surface area contributed by atoms with E-state index >= 15 is 0 Å². The van der Waals surface area contributed by atoms with Gasteiger partial charge in [-0.3, -0.25) is 0 Å². The topological polar surface area (TPSA) is 76.6 Å². The molecule has 130 valence electrons. The SMILES string of the molecule is C[C@@]12COC[C@]1(C)CN(C(=O)NCc1ncc3c(n1)CCOC3)C2. The molecule has 1 N–H and O–H groups in total. The first-order valence-corrected chi connectivity index (χ1v) is 8.51. The Morgan fingerprint density at radius 1 is 1.29 bits per heavy atom. The second kappa shape index (κ2) is 5.67. The Kier molecular flexibility index (Phi) is 3.73. The summed E-state index contributed by atoms with van der Waals surface area (Å²) >= 11 is 0. The summed E-state index contributed by atoms with van der Waals surface area (Å²) in [6.45, 7) is 8.97. The third-order valence-corrected chi connectivity index (χ3v) is 5.81. The summed E-state index contributed by atoms with van der Waals surface area (Å²) in [5.41, 5.74) is 2.18. The van der Waals surface area contributed by atoms with Crippen molar-refractivity contribution in [3.8, 4) is 0 Å². The maximum Gasteiger partial charge on any atom is 0.317 e. The van der Waals surface area contributed by atoms with Crippen molar-refractivity contribution >= 4 is 6.03 Å². The summed E-state index contributed by atoms with van der Waals surface area (Å²) in [6.07, 6.45) is 2.62. The standard InChI is InChI=1S/C17H24N4O3/c1-16-8-21(9-17(16,2)11-24-10-16)15(22)19-6-14-18-5-12-7-23-4-3-13(12)20-14/h5H,3-4,6-11H2,1-2H3,(H,19,22)/t16-,17+. The highest BCUT2D eigenvalue weighted by Gasteiger charge is 2.56. The fourth-order valence-electron chi connectivity index (χ4n) is 3.89. The molecule has 3 aliphatic rings. The average Bonchev–Trinajstić information content (AvgIpc) is 3.00. The Bertz CT molecular complexity index is 649. The second-order valence-corrected chi connectivity index (χ2v) is 7.69. The maximum atomic E-state index is 12.5. The summed E-state index contributed by atoms with van der Waals surface area (Å²) in [6, 6.07) is -0.0449. The van der Waals surface area contributed by atoms with Crippen LogP contribution >= 0.6 is 0 Å². The van der Waals surface area contributed by atoms with Crippen molar-refractivity contribution in [1.82, 2.24) is 20.2 Å². The van der Waals surface area contributed by atoms with Gasteiger partial charge in [-0.1, -0.05) is 13.8 Å². The molecule has 1 aromatic heterocycles. The van der Waals surface area contributed by atoms with E-state index in [2.05, 4.69) is 29.1 Å². The normalized spacial score (nSPS) is 31.7. The van der Waals surface area contributed by atoms with Crippen LogP contribution in [0, 0.1) is 10.8 Å². The van der Waals surface area contributed by atoms with Crippen LogP contribution in [0.15, 0.2) is 6.20 Å². The van der Waals surface area contributed by atoms with Crippen molar-refractivity contribution < 1.29 is 14.3 Å². The Balaban J connectivity index is 1.37. The van der Waals surface area contributed by atoms with Gasteiger partial charge in [0.05, 0.1) is 38.7 Å². The van der Waals surface area contributed by atoms with Crippen LogP contribution in [-0.2, 0) is 29.0 Å². The zero-order chi connectivity index (χ0) is 16.8. The molecule has 0 aromatic carbocycles. The molecule has 0 radical (unpaired) electrons. The number of nitrogens with one attached hydrogen (secondary N) is 1. The zero-order valence-electron chi connectivity index (χ0n) is 14.3. The minimum Gasteiger partial charge on any atom is -0.380 e. The van der Waals surface area contributed by atoms with Gasteiger partial charge in [0.1, 0.15) is 5.82 Å². The number of fused-ring (bicyclic) bond motifs is 2. The third-order valence-electron chi connectivity index (χ3n) is 5.81. The van der Waals surface area contributed by atoms with Crippen molar-refractivity contribution in [1.29, 1.82) is 0 Å². The first-order valence-electron chi connectivity index (χ1n) is 8.51. The summed E-state index contributed by atoms with van der Waals surface area (Å²) < 4.78 is 11.0. The molecule has 7 heteroatoms. The molecule has 2 saturated heterocycles. The molecule has 2 fully saturated rings. The number of carbonyl (C=O) groups is 1. The van der Waals surface area contributed by atoms with E-state index in [4.69, 9.17) is 9.47 Å². The van der Waals surface area contributed by atoms with E-state index in [0.29, 0.717) is 25.6 Å². The summed E-state index contributed by atoms with van der Waals surface area (Å²) in [5, 5.41) is 2.96. The van der Waals surface area contributed by atoms with Crippen LogP contribution in [0.3, 0.4) is 0 Å². The van der Waals surface area contributed by atoms with E-state index in [1.165, 1.54) is 0 Å². The van der Waals surface area contributed by atoms with Crippen LogP contribution in [0.25, 0.3) is 0 Å². The number of rotatable bonds is 2. The highest BCUT2D eigenvalue weighted by molar-refractivity contribution is 5.74. The van der Waals surface area contributed by atoms with Gasteiger partial charge in [0.2, 0.25) is 0 Å². The quantitative estimate of drug-likeness (QED) is 0.878. The largest absolute Gasteiger partial charge is 0.380 e. The van der Waals surface area contributed by atoms with Crippen molar-refractivity contribution in [3.05, 3.63) is 23.3 Å². The second-order valence-electron chi connectivity index (χ2n) is 7.69. The van der Waals surface area contributed by atoms with Gasteiger partial charge in [0.15, 0.2) is 0 Å². The molecule has 0 unspecified atom stereocenters. The lowest BCUT2D eigenvalue weighted by Crippen LogP contribution is -2.40. The van der Waals surface area contributed by atoms with E-state index < -0.39 is 0 Å². The molecule has 0 aliphatic carbocycles. The molecular weight excluding hydrogens is 308 g/mol. The molecule has 4 rings (SSSR count). The Morgan fingerprint density at radius 3 is 2.79 bits per heavy atom. The molecule has 0 bridgehead atoms. The van der Waals surface area contributed by atoms with Crippen LogP contribution in [0.1, 0.15) is 30.9 Å². The number of amides is 2. The van der Waals surface area contributed by atoms with Crippen LogP contribution in [0.5, 0.6) is 0 Å². The number of hydrogen-bond acceptors (Lipinski definition) is 5. The lowest BCUT2D eigenvalue weighted by Gasteiger charge is -2.29. The molecule has 0 spiro atoms. The van der Waals surface area contributed by atoms with Crippen molar-refractivity contribution in [3.63, 3.8) is 0 Å². The molecule has 24 heavy (non-hydrogen) atoms. The fraction of sp³-hybridized carbons (Fsp3) is 0.706. The van der Waals surface area contributed by atoms with Crippen LogP contribution in [-0.4, -0.2) is 53.8 Å². The van der Waals surface area contributed by atoms with Gasteiger partial charge in [0.25, 0.3) is 0 Å². The molecule has 2 amide bonds. The van der Waals surface area contributed by atoms with Gasteiger partial charge in [-0.05, 0) is 0 Å². The van der Waals surface area contributed by atoms with Crippen molar-refractivity contribution in [2.75, 3.05) is 32.9 Å². The number of aromatic nitrogens is 2. The Hall–Kier alpha value is -1.73. The Labute approximate surface area is 141 Å². The number of ether oxygens (including phenoxy) is 2. The number of hydrogen-bond donors (Lipinski definition) is 1. The molecule has 2 atom stereocenters. The van der Waals surface area contributed by atoms with Gasteiger partial charge < -0.3 is 19.7 Å². The van der Waals surface area contributed by atoms with E-state index in [0.717, 1.165) is 44.0 Å². The van der Waals surface area contributed by atoms with Gasteiger partial charge in [-0.2, -0.15) is 0 Å². The van der Waals surface area contributed by atoms with Crippen LogP contribution < -0.4 is 5.32 Å². The molecule has 7 nitrogen and oxygen atoms in total. The van der Waals surface area contributed by atoms with E-state index in [1.807, 2.05) is 11.1 Å². The summed E-state index contributed by atoms with van der Waals surface area (Å²) in [5.74, 6) is 0.657. The molecular formula is C17H24N4O3. The van der Waals surface area contributed by atoms with Gasteiger partial charge in [-0.15, -0.1) is 0 Å². The molecule has 3 aliphatic heterocycles. The van der Waals surface area contributed by atoms with E-state index in [9.17, 15) is 4.79 Å². The van der Waals surface area contributed by atoms with Gasteiger partial charge in [-0.25, -0.2) is 14.8 Å². The smallest absolute Gasteiger partial charge is 0.317 e. The number of likely N-dealkylation sites (tertiary alicyclic amines) is 1. The predicted molar refractivity (Wildman–Crippen MR) is 86.2 cm³/mol. The van der Waals surface area contributed by atoms with Crippen molar-refractivity contribution in [2.45, 2.75) is 33.4 Å². The summed E-state index contributed by atoms with van der Waals surface area (Å²) in [7, 11) is 0. The number of nitrogens with zero attached hydrogens (tertiary/aromatic N) is 3. The first-order chi connectivity index (χ1) is 11.5. The van der Waals surface area contributed by atoms with Crippen LogP contribution in [0.2, 0.25) is 0 Å². The minimum absolute atomic E-state index is 0.0449. The van der Waals surface area contributed by atoms with Crippen molar-refractivity contribution in [2.24, 2.45) is 10.8 Å². The number of urea groups is 1. The zero-order valence-corrected chi connectivity index (χ0v) is 14.3. The molecule has 4 heterocycles. The highest BCUT2D eigenvalue weighted by atomic mass is 16.5. The van der Waals surface area contributed by atoms with E-state index in [-0.39, 0.29) is 16.9 Å². The highest BCUT2D eigenvalue weighted by Crippen LogP contribution is 2.50. The Morgan fingerprint density at radius 2 is 2.04 bits per heavy atom. The third kappa shape index (κ3) is 2.56. The first kappa shape index (κ1) is 15.8. The van der Waals surface area contributed by atoms with Gasteiger partial charge >= 0.3 is 6.03 Å². The lowest BCUT2D eigenvalue weighted by molar-refractivity contribution is 0.108. The minimum atomic E-state index is -0.0449. The summed E-state index contributed by atoms with van der Waals surface area (Å²) in [4.78, 5) is 23.3. The lowest BCUT2D eigenvalue weighted by atomic mass is 9.71.